The Labute approximate surface area is 102 Å². The molecule has 1 aliphatic rings. The van der Waals surface area contributed by atoms with Crippen LogP contribution < -0.4 is 11.4 Å². The molecule has 8 nitrogen and oxygen atoms in total. The van der Waals surface area contributed by atoms with Crippen molar-refractivity contribution < 1.29 is 19.7 Å². The van der Waals surface area contributed by atoms with Crippen molar-refractivity contribution in [3.8, 4) is 0 Å². The van der Waals surface area contributed by atoms with Gasteiger partial charge in [-0.2, -0.15) is 4.98 Å². The largest absolute Gasteiger partial charge is 0.388 e. The van der Waals surface area contributed by atoms with Crippen LogP contribution in [-0.4, -0.2) is 44.4 Å². The van der Waals surface area contributed by atoms with Crippen molar-refractivity contribution in [2.75, 3.05) is 5.73 Å². The number of rotatable bonds is 3. The van der Waals surface area contributed by atoms with Gasteiger partial charge in [-0.15, -0.1) is 0 Å². The summed E-state index contributed by atoms with van der Waals surface area (Å²) in [5.41, 5.74) is 4.64. The number of ether oxygens (including phenoxy) is 1. The van der Waals surface area contributed by atoms with Crippen LogP contribution in [0.15, 0.2) is 17.1 Å². The van der Waals surface area contributed by atoms with Crippen molar-refractivity contribution in [1.29, 1.82) is 0 Å². The first-order valence-electron chi connectivity index (χ1n) is 5.34. The van der Waals surface area contributed by atoms with Gasteiger partial charge in [0, 0.05) is 12.6 Å². The second-order valence-corrected chi connectivity index (χ2v) is 3.99. The molecule has 1 saturated heterocycles. The Balaban J connectivity index is 2.29. The lowest BCUT2D eigenvalue weighted by Crippen LogP contribution is -2.35. The van der Waals surface area contributed by atoms with Gasteiger partial charge in [0.15, 0.2) is 6.23 Å². The Bertz CT molecular complexity index is 503. The molecule has 1 aliphatic heterocycles. The van der Waals surface area contributed by atoms with Crippen LogP contribution in [-0.2, 0) is 9.53 Å². The van der Waals surface area contributed by atoms with E-state index in [4.69, 9.17) is 10.5 Å². The molecule has 0 radical (unpaired) electrons. The van der Waals surface area contributed by atoms with E-state index in [0.717, 1.165) is 4.57 Å². The van der Waals surface area contributed by atoms with Crippen LogP contribution >= 0.6 is 0 Å². The van der Waals surface area contributed by atoms with Gasteiger partial charge in [0.05, 0.1) is 6.10 Å². The molecule has 2 heterocycles. The summed E-state index contributed by atoms with van der Waals surface area (Å²) in [5.74, 6) is 0.0497. The molecule has 18 heavy (non-hydrogen) atoms. The van der Waals surface area contributed by atoms with Gasteiger partial charge in [0.25, 0.3) is 0 Å². The van der Waals surface area contributed by atoms with Crippen molar-refractivity contribution in [3.63, 3.8) is 0 Å². The van der Waals surface area contributed by atoms with E-state index in [1.54, 1.807) is 0 Å². The summed E-state index contributed by atoms with van der Waals surface area (Å²) in [5, 5.41) is 19.5. The zero-order valence-corrected chi connectivity index (χ0v) is 9.34. The maximum Gasteiger partial charge on any atom is 0.351 e. The van der Waals surface area contributed by atoms with Gasteiger partial charge in [-0.3, -0.25) is 4.57 Å². The smallest absolute Gasteiger partial charge is 0.351 e. The van der Waals surface area contributed by atoms with Crippen molar-refractivity contribution >= 4 is 12.1 Å². The Hall–Kier alpha value is -1.77. The van der Waals surface area contributed by atoms with Crippen LogP contribution in [0.4, 0.5) is 5.82 Å². The monoisotopic (exact) mass is 255 g/mol. The minimum atomic E-state index is -1.31. The lowest BCUT2D eigenvalue weighted by atomic mass is 10.1. The lowest BCUT2D eigenvalue weighted by Gasteiger charge is -2.16. The first-order valence-corrected chi connectivity index (χ1v) is 5.34. The summed E-state index contributed by atoms with van der Waals surface area (Å²) in [7, 11) is 0. The van der Waals surface area contributed by atoms with Gasteiger partial charge >= 0.3 is 5.69 Å². The van der Waals surface area contributed by atoms with Crippen molar-refractivity contribution in [2.24, 2.45) is 0 Å². The SMILES string of the molecule is Nc1ccn([C@@H]2O[C@H](CC=O)[C@@H](O)[C@@H]2O)c(=O)n1. The van der Waals surface area contributed by atoms with Crippen LogP contribution in [0.5, 0.6) is 0 Å². The molecular formula is C10H13N3O5. The van der Waals surface area contributed by atoms with E-state index in [2.05, 4.69) is 4.98 Å². The van der Waals surface area contributed by atoms with Crippen LogP contribution in [0.2, 0.25) is 0 Å². The molecule has 1 fully saturated rings. The van der Waals surface area contributed by atoms with Gasteiger partial charge in [-0.25, -0.2) is 4.79 Å². The maximum absolute atomic E-state index is 11.6. The summed E-state index contributed by atoms with van der Waals surface area (Å²) < 4.78 is 6.31. The van der Waals surface area contributed by atoms with E-state index >= 15 is 0 Å². The number of hydrogen-bond acceptors (Lipinski definition) is 7. The topological polar surface area (TPSA) is 128 Å². The zero-order valence-electron chi connectivity index (χ0n) is 9.34. The normalized spacial score (nSPS) is 31.4. The van der Waals surface area contributed by atoms with E-state index in [9.17, 15) is 19.8 Å². The summed E-state index contributed by atoms with van der Waals surface area (Å²) in [6.45, 7) is 0. The summed E-state index contributed by atoms with van der Waals surface area (Å²) in [4.78, 5) is 25.5. The number of aliphatic hydroxyl groups excluding tert-OH is 2. The Morgan fingerprint density at radius 2 is 2.22 bits per heavy atom. The van der Waals surface area contributed by atoms with Gasteiger partial charge in [0.1, 0.15) is 24.3 Å². The molecule has 4 N–H and O–H groups in total. The van der Waals surface area contributed by atoms with E-state index in [1.807, 2.05) is 0 Å². The summed E-state index contributed by atoms with van der Waals surface area (Å²) in [6.07, 6.45) is -2.63. The molecule has 0 amide bonds. The average Bonchev–Trinajstić information content (AvgIpc) is 2.58. The van der Waals surface area contributed by atoms with E-state index in [-0.39, 0.29) is 12.2 Å². The third kappa shape index (κ3) is 2.13. The highest BCUT2D eigenvalue weighted by Crippen LogP contribution is 2.29. The predicted molar refractivity (Wildman–Crippen MR) is 59.5 cm³/mol. The number of nitrogens with zero attached hydrogens (tertiary/aromatic N) is 2. The van der Waals surface area contributed by atoms with Crippen LogP contribution in [0, 0.1) is 0 Å². The molecule has 8 heteroatoms. The maximum atomic E-state index is 11.6. The quantitative estimate of drug-likeness (QED) is 0.534. The highest BCUT2D eigenvalue weighted by atomic mass is 16.6. The fourth-order valence-corrected chi connectivity index (χ4v) is 1.87. The Kier molecular flexibility index (Phi) is 3.41. The molecule has 0 bridgehead atoms. The minimum absolute atomic E-state index is 0.0497. The number of aromatic nitrogens is 2. The van der Waals surface area contributed by atoms with E-state index in [0.29, 0.717) is 6.29 Å². The van der Waals surface area contributed by atoms with Gasteiger partial charge in [-0.1, -0.05) is 0 Å². The predicted octanol–water partition coefficient (Wildman–Crippen LogP) is -1.97. The number of carbonyl (C=O) groups is 1. The Morgan fingerprint density at radius 3 is 2.83 bits per heavy atom. The first kappa shape index (κ1) is 12.7. The number of aliphatic hydroxyl groups is 2. The molecule has 0 saturated carbocycles. The third-order valence-electron chi connectivity index (χ3n) is 2.79. The van der Waals surface area contributed by atoms with Gasteiger partial charge in [-0.05, 0) is 6.07 Å². The van der Waals surface area contributed by atoms with Crippen LogP contribution in [0.3, 0.4) is 0 Å². The second-order valence-electron chi connectivity index (χ2n) is 3.99. The van der Waals surface area contributed by atoms with E-state index < -0.39 is 30.2 Å². The molecule has 1 aromatic rings. The highest BCUT2D eigenvalue weighted by Gasteiger charge is 2.43. The number of nitrogen functional groups attached to an aromatic ring is 1. The molecule has 0 aliphatic carbocycles. The second kappa shape index (κ2) is 4.84. The molecule has 1 aromatic heterocycles. The Morgan fingerprint density at radius 1 is 1.50 bits per heavy atom. The summed E-state index contributed by atoms with van der Waals surface area (Å²) >= 11 is 0. The third-order valence-corrected chi connectivity index (χ3v) is 2.79. The van der Waals surface area contributed by atoms with Gasteiger partial charge < -0.3 is 25.5 Å². The van der Waals surface area contributed by atoms with Crippen molar-refractivity contribution in [2.45, 2.75) is 31.0 Å². The number of carbonyl (C=O) groups excluding carboxylic acids is 1. The lowest BCUT2D eigenvalue weighted by molar-refractivity contribution is -0.112. The van der Waals surface area contributed by atoms with Crippen molar-refractivity contribution in [3.05, 3.63) is 22.7 Å². The summed E-state index contributed by atoms with van der Waals surface area (Å²) in [6, 6.07) is 1.37. The minimum Gasteiger partial charge on any atom is -0.388 e. The zero-order chi connectivity index (χ0) is 13.3. The molecule has 2 rings (SSSR count). The molecule has 98 valence electrons. The standard InChI is InChI=1S/C10H13N3O5/c11-6-1-3-13(10(17)12-6)9-8(16)7(15)5(18-9)2-4-14/h1,3-5,7-9,15-16H,2H2,(H2,11,12,17)/t5-,7-,8+,9-/m1/s1. The molecule has 0 unspecified atom stereocenters. The highest BCUT2D eigenvalue weighted by molar-refractivity contribution is 5.50. The molecular weight excluding hydrogens is 242 g/mol. The van der Waals surface area contributed by atoms with E-state index in [1.165, 1.54) is 12.3 Å². The van der Waals surface area contributed by atoms with Crippen LogP contribution in [0.25, 0.3) is 0 Å². The van der Waals surface area contributed by atoms with Gasteiger partial charge in [0.2, 0.25) is 0 Å². The van der Waals surface area contributed by atoms with Crippen molar-refractivity contribution in [1.82, 2.24) is 9.55 Å². The number of aldehydes is 1. The number of hydrogen-bond donors (Lipinski definition) is 3. The fourth-order valence-electron chi connectivity index (χ4n) is 1.87. The first-order chi connectivity index (χ1) is 8.54. The molecule has 0 spiro atoms. The fraction of sp³-hybridized carbons (Fsp3) is 0.500. The molecule has 4 atom stereocenters. The average molecular weight is 255 g/mol. The molecule has 0 aromatic carbocycles. The number of anilines is 1. The van der Waals surface area contributed by atoms with Crippen LogP contribution in [0.1, 0.15) is 12.6 Å². The number of nitrogens with two attached hydrogens (primary N) is 1.